The van der Waals surface area contributed by atoms with Crippen molar-refractivity contribution in [3.63, 3.8) is 0 Å². The van der Waals surface area contributed by atoms with Crippen LogP contribution in [-0.4, -0.2) is 56.8 Å². The fourth-order valence-electron chi connectivity index (χ4n) is 3.55. The van der Waals surface area contributed by atoms with Gasteiger partial charge in [-0.3, -0.25) is 19.2 Å². The van der Waals surface area contributed by atoms with E-state index < -0.39 is 5.97 Å². The van der Waals surface area contributed by atoms with E-state index in [9.17, 15) is 9.59 Å². The van der Waals surface area contributed by atoms with Gasteiger partial charge in [0.15, 0.2) is 0 Å². The molecule has 2 N–H and O–H groups in total. The monoisotopic (exact) mass is 368 g/mol. The van der Waals surface area contributed by atoms with E-state index in [-0.39, 0.29) is 24.4 Å². The van der Waals surface area contributed by atoms with Crippen LogP contribution in [0.25, 0.3) is 0 Å². The molecule has 138 valence electrons. The van der Waals surface area contributed by atoms with Crippen molar-refractivity contribution in [2.45, 2.75) is 57.2 Å². The number of nitrogens with one attached hydrogen (secondary N) is 1. The summed E-state index contributed by atoms with van der Waals surface area (Å²) >= 11 is 5.80. The highest BCUT2D eigenvalue weighted by Gasteiger charge is 2.37. The van der Waals surface area contributed by atoms with Crippen molar-refractivity contribution in [3.05, 3.63) is 17.4 Å². The Hall–Kier alpha value is -1.60. The zero-order chi connectivity index (χ0) is 17.8. The molecule has 1 aromatic heterocycles. The first-order chi connectivity index (χ1) is 12.0. The number of aromatic nitrogens is 2. The quantitative estimate of drug-likeness (QED) is 0.693. The molecule has 2 heterocycles. The van der Waals surface area contributed by atoms with Crippen molar-refractivity contribution in [2.75, 3.05) is 13.1 Å². The summed E-state index contributed by atoms with van der Waals surface area (Å²) in [6.45, 7) is 2.04. The predicted octanol–water partition coefficient (Wildman–Crippen LogP) is 1.76. The fourth-order valence-corrected chi connectivity index (χ4v) is 3.70. The zero-order valence-electron chi connectivity index (χ0n) is 14.2. The van der Waals surface area contributed by atoms with Crippen molar-refractivity contribution in [1.29, 1.82) is 0 Å². The van der Waals surface area contributed by atoms with E-state index in [0.717, 1.165) is 19.4 Å². The highest BCUT2D eigenvalue weighted by molar-refractivity contribution is 6.30. The number of hydrogen-bond donors (Lipinski definition) is 2. The number of aryl methyl sites for hydroxylation is 1. The van der Waals surface area contributed by atoms with E-state index in [1.165, 1.54) is 12.8 Å². The van der Waals surface area contributed by atoms with E-state index in [1.54, 1.807) is 17.1 Å². The van der Waals surface area contributed by atoms with Crippen molar-refractivity contribution < 1.29 is 14.7 Å². The number of carbonyl (C=O) groups excluding carboxylic acids is 1. The summed E-state index contributed by atoms with van der Waals surface area (Å²) in [5.74, 6) is -0.0507. The first kappa shape index (κ1) is 18.2. The normalized spacial score (nSPS) is 23.7. The number of halogens is 1. The van der Waals surface area contributed by atoms with Crippen LogP contribution in [0.3, 0.4) is 0 Å². The lowest BCUT2D eigenvalue weighted by atomic mass is 10.1. The fraction of sp³-hybridized carbons (Fsp3) is 0.706. The Morgan fingerprint density at radius 2 is 2.04 bits per heavy atom. The number of carbonyl (C=O) groups is 2. The molecule has 7 nitrogen and oxygen atoms in total. The molecular formula is C17H25ClN4O3. The molecule has 0 bridgehead atoms. The molecule has 25 heavy (non-hydrogen) atoms. The molecule has 2 fully saturated rings. The van der Waals surface area contributed by atoms with Gasteiger partial charge in [-0.25, -0.2) is 0 Å². The van der Waals surface area contributed by atoms with E-state index >= 15 is 0 Å². The number of nitrogens with zero attached hydrogens (tertiary/aromatic N) is 3. The Morgan fingerprint density at radius 1 is 1.28 bits per heavy atom. The third-order valence-corrected chi connectivity index (χ3v) is 5.25. The second-order valence-electron chi connectivity index (χ2n) is 7.10. The van der Waals surface area contributed by atoms with Gasteiger partial charge in [-0.15, -0.1) is 0 Å². The van der Waals surface area contributed by atoms with Crippen LogP contribution in [0.15, 0.2) is 12.4 Å². The van der Waals surface area contributed by atoms with Gasteiger partial charge in [-0.1, -0.05) is 11.6 Å². The van der Waals surface area contributed by atoms with Crippen LogP contribution >= 0.6 is 11.6 Å². The summed E-state index contributed by atoms with van der Waals surface area (Å²) in [5, 5.41) is 16.7. The van der Waals surface area contributed by atoms with Crippen LogP contribution in [0.5, 0.6) is 0 Å². The largest absolute Gasteiger partial charge is 0.481 e. The summed E-state index contributed by atoms with van der Waals surface area (Å²) in [7, 11) is 0. The number of rotatable bonds is 9. The van der Waals surface area contributed by atoms with Crippen LogP contribution in [-0.2, 0) is 16.1 Å². The van der Waals surface area contributed by atoms with E-state index in [1.807, 2.05) is 0 Å². The van der Waals surface area contributed by atoms with Crippen molar-refractivity contribution in [1.82, 2.24) is 20.0 Å². The topological polar surface area (TPSA) is 87.5 Å². The molecule has 0 radical (unpaired) electrons. The molecule has 0 spiro atoms. The molecule has 1 amide bonds. The summed E-state index contributed by atoms with van der Waals surface area (Å²) in [5.41, 5.74) is 0. The summed E-state index contributed by atoms with van der Waals surface area (Å²) in [6.07, 6.45) is 8.10. The molecule has 0 aromatic carbocycles. The van der Waals surface area contributed by atoms with Gasteiger partial charge in [0.2, 0.25) is 5.91 Å². The average molecular weight is 369 g/mol. The molecule has 1 aliphatic heterocycles. The van der Waals surface area contributed by atoms with Gasteiger partial charge in [0.05, 0.1) is 17.6 Å². The first-order valence-electron chi connectivity index (χ1n) is 8.93. The second-order valence-corrected chi connectivity index (χ2v) is 7.54. The average Bonchev–Trinajstić information content (AvgIpc) is 3.17. The molecular weight excluding hydrogens is 344 g/mol. The van der Waals surface area contributed by atoms with Crippen molar-refractivity contribution >= 4 is 23.5 Å². The van der Waals surface area contributed by atoms with Crippen molar-refractivity contribution in [2.24, 2.45) is 5.92 Å². The minimum absolute atomic E-state index is 0.0142. The Balaban J connectivity index is 1.45. The molecule has 1 aromatic rings. The first-order valence-corrected chi connectivity index (χ1v) is 9.31. The van der Waals surface area contributed by atoms with Crippen LogP contribution < -0.4 is 5.32 Å². The Kier molecular flexibility index (Phi) is 5.96. The highest BCUT2D eigenvalue weighted by Crippen LogP contribution is 2.35. The SMILES string of the molecule is O=C(O)C[C@H]1CC[C@@H](CNC(=O)CCn2cc(Cl)cn2)N1CC1CC1. The van der Waals surface area contributed by atoms with Crippen LogP contribution in [0.2, 0.25) is 5.02 Å². The van der Waals surface area contributed by atoms with Gasteiger partial charge in [0.1, 0.15) is 0 Å². The number of hydrogen-bond acceptors (Lipinski definition) is 4. The molecule has 0 unspecified atom stereocenters. The third-order valence-electron chi connectivity index (χ3n) is 5.05. The standard InChI is InChI=1S/C17H25ClN4O3/c18-13-8-20-21(11-13)6-5-16(23)19-9-15-4-3-14(7-17(24)25)22(15)10-12-1-2-12/h8,11-12,14-15H,1-7,9-10H2,(H,19,23)(H,24,25)/t14-,15+/m1/s1. The minimum Gasteiger partial charge on any atom is -0.481 e. The highest BCUT2D eigenvalue weighted by atomic mass is 35.5. The summed E-state index contributed by atoms with van der Waals surface area (Å²) in [6, 6.07) is 0.347. The van der Waals surface area contributed by atoms with Crippen LogP contribution in [0.4, 0.5) is 0 Å². The molecule has 1 saturated carbocycles. The Bertz CT molecular complexity index is 617. The maximum Gasteiger partial charge on any atom is 0.304 e. The number of aliphatic carboxylic acids is 1. The molecule has 2 atom stereocenters. The molecule has 8 heteroatoms. The summed E-state index contributed by atoms with van der Waals surface area (Å²) < 4.78 is 1.65. The number of carboxylic acids is 1. The molecule has 1 saturated heterocycles. The summed E-state index contributed by atoms with van der Waals surface area (Å²) in [4.78, 5) is 25.5. The number of likely N-dealkylation sites (tertiary alicyclic amines) is 1. The minimum atomic E-state index is -0.742. The lowest BCUT2D eigenvalue weighted by Gasteiger charge is -2.29. The van der Waals surface area contributed by atoms with Gasteiger partial charge in [0.25, 0.3) is 0 Å². The van der Waals surface area contributed by atoms with E-state index in [2.05, 4.69) is 15.3 Å². The smallest absolute Gasteiger partial charge is 0.304 e. The van der Waals surface area contributed by atoms with Gasteiger partial charge in [-0.05, 0) is 31.6 Å². The predicted molar refractivity (Wildman–Crippen MR) is 93.4 cm³/mol. The lowest BCUT2D eigenvalue weighted by Crippen LogP contribution is -2.44. The maximum atomic E-state index is 12.1. The van der Waals surface area contributed by atoms with Crippen molar-refractivity contribution in [3.8, 4) is 0 Å². The van der Waals surface area contributed by atoms with Crippen LogP contribution in [0, 0.1) is 5.92 Å². The lowest BCUT2D eigenvalue weighted by molar-refractivity contribution is -0.138. The molecule has 3 rings (SSSR count). The third kappa shape index (κ3) is 5.44. The Labute approximate surface area is 152 Å². The second kappa shape index (κ2) is 8.19. The van der Waals surface area contributed by atoms with Gasteiger partial charge < -0.3 is 10.4 Å². The number of amides is 1. The van der Waals surface area contributed by atoms with Gasteiger partial charge in [0, 0.05) is 44.3 Å². The molecule has 2 aliphatic rings. The van der Waals surface area contributed by atoms with E-state index in [0.29, 0.717) is 30.5 Å². The van der Waals surface area contributed by atoms with E-state index in [4.69, 9.17) is 16.7 Å². The van der Waals surface area contributed by atoms with Crippen LogP contribution in [0.1, 0.15) is 38.5 Å². The number of carboxylic acid groups (broad SMARTS) is 1. The Morgan fingerprint density at radius 3 is 2.68 bits per heavy atom. The maximum absolute atomic E-state index is 12.1. The zero-order valence-corrected chi connectivity index (χ0v) is 15.0. The molecule has 1 aliphatic carbocycles. The van der Waals surface area contributed by atoms with Gasteiger partial charge in [-0.2, -0.15) is 5.10 Å². The van der Waals surface area contributed by atoms with Gasteiger partial charge >= 0.3 is 5.97 Å².